The van der Waals surface area contributed by atoms with Crippen molar-refractivity contribution < 1.29 is 9.59 Å². The summed E-state index contributed by atoms with van der Waals surface area (Å²) in [4.78, 5) is 53.6. The first kappa shape index (κ1) is 13.6. The van der Waals surface area contributed by atoms with E-state index >= 15 is 0 Å². The second kappa shape index (κ2) is 5.17. The number of carbonyl (C=O) groups is 2. The minimum absolute atomic E-state index is 0.203. The lowest BCUT2D eigenvalue weighted by molar-refractivity contribution is -0.112. The maximum absolute atomic E-state index is 12.2. The number of para-hydroxylation sites is 1. The third-order valence-corrected chi connectivity index (χ3v) is 3.11. The van der Waals surface area contributed by atoms with Crippen molar-refractivity contribution in [3.05, 3.63) is 63.1 Å². The molecule has 0 saturated carbocycles. The number of anilines is 1. The SMILES string of the molecule is O=C(Nc1c[nH]c(=O)[nH]c1=O)C(=O)c1c[nH]c2ccccc12. The molecule has 2 heterocycles. The van der Waals surface area contributed by atoms with Gasteiger partial charge in [0.05, 0.1) is 5.56 Å². The summed E-state index contributed by atoms with van der Waals surface area (Å²) in [5.41, 5.74) is -0.776. The Labute approximate surface area is 122 Å². The lowest BCUT2D eigenvalue weighted by Gasteiger charge is -2.02. The van der Waals surface area contributed by atoms with E-state index < -0.39 is 22.9 Å². The zero-order chi connectivity index (χ0) is 15.7. The number of rotatable bonds is 3. The van der Waals surface area contributed by atoms with E-state index in [2.05, 4.69) is 15.3 Å². The number of amides is 1. The third kappa shape index (κ3) is 2.33. The molecule has 22 heavy (non-hydrogen) atoms. The Bertz CT molecular complexity index is 995. The molecule has 0 aliphatic carbocycles. The van der Waals surface area contributed by atoms with Gasteiger partial charge in [0, 0.05) is 23.3 Å². The largest absolute Gasteiger partial charge is 0.360 e. The molecule has 0 radical (unpaired) electrons. The summed E-state index contributed by atoms with van der Waals surface area (Å²) in [5.74, 6) is -1.76. The van der Waals surface area contributed by atoms with E-state index in [1.807, 2.05) is 4.98 Å². The third-order valence-electron chi connectivity index (χ3n) is 3.11. The van der Waals surface area contributed by atoms with Crippen LogP contribution in [0.3, 0.4) is 0 Å². The number of aromatic amines is 3. The van der Waals surface area contributed by atoms with E-state index in [1.165, 1.54) is 6.20 Å². The first-order valence-corrected chi connectivity index (χ1v) is 6.30. The Morgan fingerprint density at radius 1 is 1.00 bits per heavy atom. The van der Waals surface area contributed by atoms with Crippen molar-refractivity contribution in [2.45, 2.75) is 0 Å². The molecule has 0 fully saturated rings. The van der Waals surface area contributed by atoms with Crippen LogP contribution >= 0.6 is 0 Å². The molecule has 110 valence electrons. The predicted octanol–water partition coefficient (Wildman–Crippen LogP) is 0.366. The molecule has 0 aliphatic rings. The minimum atomic E-state index is -0.970. The molecule has 4 N–H and O–H groups in total. The molecule has 3 aromatic rings. The fourth-order valence-corrected chi connectivity index (χ4v) is 2.06. The number of hydrogen-bond acceptors (Lipinski definition) is 4. The van der Waals surface area contributed by atoms with E-state index in [0.29, 0.717) is 5.39 Å². The van der Waals surface area contributed by atoms with E-state index in [0.717, 1.165) is 11.7 Å². The smallest absolute Gasteiger partial charge is 0.325 e. The van der Waals surface area contributed by atoms with Crippen LogP contribution in [-0.4, -0.2) is 26.6 Å². The molecule has 1 amide bonds. The number of aromatic nitrogens is 3. The highest BCUT2D eigenvalue weighted by atomic mass is 16.2. The number of H-pyrrole nitrogens is 3. The molecule has 0 saturated heterocycles. The molecular weight excluding hydrogens is 288 g/mol. The van der Waals surface area contributed by atoms with Crippen molar-refractivity contribution in [3.8, 4) is 0 Å². The van der Waals surface area contributed by atoms with Crippen LogP contribution < -0.4 is 16.6 Å². The van der Waals surface area contributed by atoms with Gasteiger partial charge in [-0.2, -0.15) is 0 Å². The summed E-state index contributed by atoms with van der Waals surface area (Å²) < 4.78 is 0. The molecule has 0 bridgehead atoms. The van der Waals surface area contributed by atoms with Gasteiger partial charge in [0.2, 0.25) is 0 Å². The van der Waals surface area contributed by atoms with Gasteiger partial charge in [-0.05, 0) is 6.07 Å². The maximum Gasteiger partial charge on any atom is 0.325 e. The summed E-state index contributed by atoms with van der Waals surface area (Å²) in [6.45, 7) is 0. The van der Waals surface area contributed by atoms with Crippen molar-refractivity contribution in [2.24, 2.45) is 0 Å². The van der Waals surface area contributed by atoms with Gasteiger partial charge in [0.1, 0.15) is 5.69 Å². The molecule has 0 aliphatic heterocycles. The Morgan fingerprint density at radius 2 is 1.77 bits per heavy atom. The second-order valence-corrected chi connectivity index (χ2v) is 4.52. The van der Waals surface area contributed by atoms with E-state index in [-0.39, 0.29) is 11.3 Å². The number of ketones is 1. The van der Waals surface area contributed by atoms with Gasteiger partial charge in [0.25, 0.3) is 17.2 Å². The van der Waals surface area contributed by atoms with Gasteiger partial charge in [-0.1, -0.05) is 18.2 Å². The normalized spacial score (nSPS) is 10.5. The molecule has 1 aromatic carbocycles. The molecule has 0 atom stereocenters. The summed E-state index contributed by atoms with van der Waals surface area (Å²) in [7, 11) is 0. The number of carbonyl (C=O) groups excluding carboxylic acids is 2. The second-order valence-electron chi connectivity index (χ2n) is 4.52. The van der Waals surface area contributed by atoms with Crippen molar-refractivity contribution in [1.82, 2.24) is 15.0 Å². The van der Waals surface area contributed by atoms with Crippen LogP contribution in [0.2, 0.25) is 0 Å². The fourth-order valence-electron chi connectivity index (χ4n) is 2.06. The summed E-state index contributed by atoms with van der Waals surface area (Å²) >= 11 is 0. The molecule has 3 rings (SSSR count). The Balaban J connectivity index is 1.90. The molecule has 8 nitrogen and oxygen atoms in total. The Morgan fingerprint density at radius 3 is 2.55 bits per heavy atom. The average Bonchev–Trinajstić information content (AvgIpc) is 2.93. The maximum atomic E-state index is 12.2. The highest BCUT2D eigenvalue weighted by molar-refractivity contribution is 6.48. The number of Topliss-reactive ketones (excluding diaryl/α,β-unsaturated/α-hetero) is 1. The lowest BCUT2D eigenvalue weighted by Crippen LogP contribution is -2.29. The number of benzene rings is 1. The van der Waals surface area contributed by atoms with Gasteiger partial charge < -0.3 is 15.3 Å². The number of hydrogen-bond donors (Lipinski definition) is 4. The fraction of sp³-hybridized carbons (Fsp3) is 0. The zero-order valence-corrected chi connectivity index (χ0v) is 11.1. The van der Waals surface area contributed by atoms with E-state index in [9.17, 15) is 19.2 Å². The topological polar surface area (TPSA) is 128 Å². The molecular formula is C14H10N4O4. The van der Waals surface area contributed by atoms with E-state index in [4.69, 9.17) is 0 Å². The van der Waals surface area contributed by atoms with Crippen molar-refractivity contribution in [3.63, 3.8) is 0 Å². The number of fused-ring (bicyclic) bond motifs is 1. The van der Waals surface area contributed by atoms with Crippen molar-refractivity contribution in [2.75, 3.05) is 5.32 Å². The highest BCUT2D eigenvalue weighted by Gasteiger charge is 2.20. The van der Waals surface area contributed by atoms with Gasteiger partial charge in [-0.15, -0.1) is 0 Å². The van der Waals surface area contributed by atoms with Crippen LogP contribution in [0.1, 0.15) is 10.4 Å². The molecule has 0 spiro atoms. The quantitative estimate of drug-likeness (QED) is 0.411. The molecule has 8 heteroatoms. The average molecular weight is 298 g/mol. The van der Waals surface area contributed by atoms with Gasteiger partial charge in [-0.3, -0.25) is 19.4 Å². The highest BCUT2D eigenvalue weighted by Crippen LogP contribution is 2.18. The first-order chi connectivity index (χ1) is 10.6. The van der Waals surface area contributed by atoms with Crippen LogP contribution in [0, 0.1) is 0 Å². The van der Waals surface area contributed by atoms with Gasteiger partial charge >= 0.3 is 5.69 Å². The first-order valence-electron chi connectivity index (χ1n) is 6.30. The zero-order valence-electron chi connectivity index (χ0n) is 11.1. The Hall–Kier alpha value is -3.42. The summed E-state index contributed by atoms with van der Waals surface area (Å²) in [6.07, 6.45) is 2.46. The lowest BCUT2D eigenvalue weighted by atomic mass is 10.1. The van der Waals surface area contributed by atoms with Crippen LogP contribution in [-0.2, 0) is 4.79 Å². The van der Waals surface area contributed by atoms with Crippen LogP contribution in [0.15, 0.2) is 46.2 Å². The summed E-state index contributed by atoms with van der Waals surface area (Å²) in [6, 6.07) is 7.03. The van der Waals surface area contributed by atoms with Crippen molar-refractivity contribution >= 4 is 28.3 Å². The van der Waals surface area contributed by atoms with Crippen LogP contribution in [0.25, 0.3) is 10.9 Å². The van der Waals surface area contributed by atoms with Crippen LogP contribution in [0.4, 0.5) is 5.69 Å². The predicted molar refractivity (Wildman–Crippen MR) is 78.9 cm³/mol. The Kier molecular flexibility index (Phi) is 3.18. The minimum Gasteiger partial charge on any atom is -0.360 e. The van der Waals surface area contributed by atoms with Crippen LogP contribution in [0.5, 0.6) is 0 Å². The molecule has 2 aromatic heterocycles. The molecule has 0 unspecified atom stereocenters. The number of nitrogens with one attached hydrogen (secondary N) is 4. The van der Waals surface area contributed by atoms with E-state index in [1.54, 1.807) is 24.3 Å². The van der Waals surface area contributed by atoms with Gasteiger partial charge in [0.15, 0.2) is 0 Å². The van der Waals surface area contributed by atoms with Gasteiger partial charge in [-0.25, -0.2) is 4.79 Å². The monoisotopic (exact) mass is 298 g/mol. The van der Waals surface area contributed by atoms with Crippen molar-refractivity contribution in [1.29, 1.82) is 0 Å². The summed E-state index contributed by atoms with van der Waals surface area (Å²) in [5, 5.41) is 2.78. The standard InChI is InChI=1S/C14H10N4O4/c19-11(8-5-15-9-4-2-1-3-7(8)9)13(21)17-10-6-16-14(22)18-12(10)20/h1-6,15H,(H,17,21)(H2,16,18,20,22).